The summed E-state index contributed by atoms with van der Waals surface area (Å²) in [6.45, 7) is 3.30. The van der Waals surface area contributed by atoms with E-state index in [4.69, 9.17) is 20.5 Å². The highest BCUT2D eigenvalue weighted by Gasteiger charge is 2.27. The molecule has 0 spiro atoms. The number of hydrogen-bond acceptors (Lipinski definition) is 5. The second-order valence-electron chi connectivity index (χ2n) is 6.50. The molecule has 4 rings (SSSR count). The van der Waals surface area contributed by atoms with Gasteiger partial charge in [-0.25, -0.2) is 0 Å². The Morgan fingerprint density at radius 2 is 2.32 bits per heavy atom. The van der Waals surface area contributed by atoms with Crippen LogP contribution in [0.2, 0.25) is 5.02 Å². The van der Waals surface area contributed by atoms with Crippen LogP contribution in [0.1, 0.15) is 35.7 Å². The third kappa shape index (κ3) is 3.14. The summed E-state index contributed by atoms with van der Waals surface area (Å²) in [7, 11) is 0. The molecule has 6 nitrogen and oxygen atoms in total. The number of furan rings is 1. The summed E-state index contributed by atoms with van der Waals surface area (Å²) in [6, 6.07) is 3.77. The first kappa shape index (κ1) is 16.1. The van der Waals surface area contributed by atoms with Crippen molar-refractivity contribution in [1.29, 1.82) is 0 Å². The Hall–Kier alpha value is -2.34. The zero-order chi connectivity index (χ0) is 17.4. The molecule has 3 aromatic rings. The minimum absolute atomic E-state index is 0.0765. The van der Waals surface area contributed by atoms with Crippen molar-refractivity contribution in [1.82, 2.24) is 15.0 Å². The molecule has 3 heterocycles. The van der Waals surface area contributed by atoms with Crippen LogP contribution in [-0.4, -0.2) is 34.0 Å². The predicted molar refractivity (Wildman–Crippen MR) is 92.5 cm³/mol. The number of carbonyl (C=O) groups is 1. The van der Waals surface area contributed by atoms with Crippen LogP contribution in [0.4, 0.5) is 0 Å². The fraction of sp³-hybridized carbons (Fsp3) is 0.389. The highest BCUT2D eigenvalue weighted by atomic mass is 35.5. The number of fused-ring (bicyclic) bond motifs is 1. The van der Waals surface area contributed by atoms with Crippen molar-refractivity contribution in [3.63, 3.8) is 0 Å². The number of nitrogens with zero attached hydrogens (tertiary/aromatic N) is 3. The van der Waals surface area contributed by atoms with Crippen LogP contribution in [0.15, 0.2) is 33.7 Å². The summed E-state index contributed by atoms with van der Waals surface area (Å²) in [5.74, 6) is 0.885. The molecule has 130 valence electrons. The number of aromatic nitrogens is 2. The number of carbonyl (C=O) groups excluding carboxylic acids is 1. The molecule has 0 radical (unpaired) electrons. The van der Waals surface area contributed by atoms with E-state index in [9.17, 15) is 4.79 Å². The normalized spacial score (nSPS) is 18.0. The van der Waals surface area contributed by atoms with Crippen molar-refractivity contribution in [3.05, 3.63) is 46.8 Å². The third-order valence-electron chi connectivity index (χ3n) is 4.79. The molecule has 25 heavy (non-hydrogen) atoms. The van der Waals surface area contributed by atoms with Crippen molar-refractivity contribution in [2.45, 2.75) is 32.1 Å². The molecule has 1 aliphatic rings. The van der Waals surface area contributed by atoms with E-state index >= 15 is 0 Å². The maximum absolute atomic E-state index is 12.8. The van der Waals surface area contributed by atoms with Gasteiger partial charge < -0.3 is 13.8 Å². The fourth-order valence-electron chi connectivity index (χ4n) is 3.39. The minimum Gasteiger partial charge on any atom is -0.464 e. The number of rotatable bonds is 3. The van der Waals surface area contributed by atoms with Crippen LogP contribution in [-0.2, 0) is 11.2 Å². The SMILES string of the molecule is Cc1cc2occ(CC(=O)N3CCCC(c4ncon4)C3)c2cc1Cl. The van der Waals surface area contributed by atoms with Gasteiger partial charge >= 0.3 is 0 Å². The molecule has 1 fully saturated rings. The van der Waals surface area contributed by atoms with E-state index in [1.165, 1.54) is 6.39 Å². The monoisotopic (exact) mass is 359 g/mol. The Balaban J connectivity index is 1.51. The average Bonchev–Trinajstić information content (AvgIpc) is 3.27. The summed E-state index contributed by atoms with van der Waals surface area (Å²) in [5.41, 5.74) is 2.58. The second kappa shape index (κ2) is 6.52. The van der Waals surface area contributed by atoms with E-state index in [1.54, 1.807) is 6.26 Å². The van der Waals surface area contributed by atoms with Crippen LogP contribution < -0.4 is 0 Å². The summed E-state index contributed by atoms with van der Waals surface area (Å²) in [6.07, 6.45) is 5.18. The highest BCUT2D eigenvalue weighted by molar-refractivity contribution is 6.32. The molecular weight excluding hydrogens is 342 g/mol. The van der Waals surface area contributed by atoms with Gasteiger partial charge in [-0.15, -0.1) is 0 Å². The van der Waals surface area contributed by atoms with Crippen LogP contribution in [0.3, 0.4) is 0 Å². The number of likely N-dealkylation sites (tertiary alicyclic amines) is 1. The molecule has 0 N–H and O–H groups in total. The molecule has 1 unspecified atom stereocenters. The molecule has 1 atom stereocenters. The molecule has 0 aliphatic carbocycles. The fourth-order valence-corrected chi connectivity index (χ4v) is 3.55. The van der Waals surface area contributed by atoms with Gasteiger partial charge in [0.05, 0.1) is 12.7 Å². The summed E-state index contributed by atoms with van der Waals surface area (Å²) >= 11 is 6.22. The van der Waals surface area contributed by atoms with Crippen molar-refractivity contribution in [3.8, 4) is 0 Å². The van der Waals surface area contributed by atoms with Gasteiger partial charge in [-0.1, -0.05) is 16.8 Å². The Labute approximate surface area is 149 Å². The molecule has 2 aromatic heterocycles. The van der Waals surface area contributed by atoms with Crippen molar-refractivity contribution < 1.29 is 13.7 Å². The summed E-state index contributed by atoms with van der Waals surface area (Å²) < 4.78 is 10.4. The maximum Gasteiger partial charge on any atom is 0.227 e. The Kier molecular flexibility index (Phi) is 4.21. The van der Waals surface area contributed by atoms with Crippen molar-refractivity contribution in [2.24, 2.45) is 0 Å². The average molecular weight is 360 g/mol. The Bertz CT molecular complexity index is 904. The topological polar surface area (TPSA) is 72.4 Å². The molecule has 1 aromatic carbocycles. The molecule has 1 aliphatic heterocycles. The van der Waals surface area contributed by atoms with Crippen molar-refractivity contribution in [2.75, 3.05) is 13.1 Å². The zero-order valence-corrected chi connectivity index (χ0v) is 14.6. The lowest BCUT2D eigenvalue weighted by Gasteiger charge is -2.31. The molecule has 7 heteroatoms. The summed E-state index contributed by atoms with van der Waals surface area (Å²) in [5, 5.41) is 5.49. The number of aryl methyl sites for hydroxylation is 1. The first-order valence-corrected chi connectivity index (χ1v) is 8.70. The number of hydrogen-bond donors (Lipinski definition) is 0. The second-order valence-corrected chi connectivity index (χ2v) is 6.91. The Morgan fingerprint density at radius 3 is 3.12 bits per heavy atom. The van der Waals surface area contributed by atoms with Crippen LogP contribution in [0, 0.1) is 6.92 Å². The maximum atomic E-state index is 12.8. The quantitative estimate of drug-likeness (QED) is 0.712. The van der Waals surface area contributed by atoms with Gasteiger partial charge in [-0.05, 0) is 37.5 Å². The van der Waals surface area contributed by atoms with Gasteiger partial charge in [0, 0.05) is 35.0 Å². The molecular formula is C18H18ClN3O3. The molecule has 1 amide bonds. The van der Waals surface area contributed by atoms with Gasteiger partial charge in [-0.3, -0.25) is 4.79 Å². The smallest absolute Gasteiger partial charge is 0.227 e. The van der Waals surface area contributed by atoms with E-state index in [1.807, 2.05) is 24.0 Å². The minimum atomic E-state index is 0.0765. The lowest BCUT2D eigenvalue weighted by molar-refractivity contribution is -0.131. The van der Waals surface area contributed by atoms with Crippen LogP contribution >= 0.6 is 11.6 Å². The van der Waals surface area contributed by atoms with E-state index in [2.05, 4.69) is 10.1 Å². The number of halogens is 1. The molecule has 0 saturated carbocycles. The third-order valence-corrected chi connectivity index (χ3v) is 5.20. The van der Waals surface area contributed by atoms with Crippen molar-refractivity contribution >= 4 is 28.5 Å². The van der Waals surface area contributed by atoms with Gasteiger partial charge in [0.1, 0.15) is 5.58 Å². The van der Waals surface area contributed by atoms with Gasteiger partial charge in [0.15, 0.2) is 5.82 Å². The van der Waals surface area contributed by atoms with Crippen LogP contribution in [0.25, 0.3) is 11.0 Å². The van der Waals surface area contributed by atoms with Crippen LogP contribution in [0.5, 0.6) is 0 Å². The number of benzene rings is 1. The molecule has 1 saturated heterocycles. The number of piperidine rings is 1. The van der Waals surface area contributed by atoms with E-state index in [0.29, 0.717) is 23.8 Å². The number of amides is 1. The van der Waals surface area contributed by atoms with E-state index < -0.39 is 0 Å². The highest BCUT2D eigenvalue weighted by Crippen LogP contribution is 2.29. The first-order chi connectivity index (χ1) is 12.1. The lowest BCUT2D eigenvalue weighted by Crippen LogP contribution is -2.40. The summed E-state index contributed by atoms with van der Waals surface area (Å²) in [4.78, 5) is 18.8. The van der Waals surface area contributed by atoms with Gasteiger partial charge in [0.2, 0.25) is 12.3 Å². The van der Waals surface area contributed by atoms with Gasteiger partial charge in [0.25, 0.3) is 0 Å². The largest absolute Gasteiger partial charge is 0.464 e. The Morgan fingerprint density at radius 1 is 1.44 bits per heavy atom. The van der Waals surface area contributed by atoms with Gasteiger partial charge in [-0.2, -0.15) is 4.98 Å². The van der Waals surface area contributed by atoms with E-state index in [-0.39, 0.29) is 11.8 Å². The predicted octanol–water partition coefficient (Wildman–Crippen LogP) is 3.73. The standard InChI is InChI=1S/C18H18ClN3O3/c1-11-5-16-14(7-15(11)19)13(9-24-16)6-17(23)22-4-2-3-12(8-22)18-20-10-25-21-18/h5,7,9-10,12H,2-4,6,8H2,1H3. The van der Waals surface area contributed by atoms with E-state index in [0.717, 1.165) is 41.5 Å². The molecule has 0 bridgehead atoms. The zero-order valence-electron chi connectivity index (χ0n) is 13.9. The lowest BCUT2D eigenvalue weighted by atomic mass is 9.96. The first-order valence-electron chi connectivity index (χ1n) is 8.32.